The van der Waals surface area contributed by atoms with Gasteiger partial charge in [-0.3, -0.25) is 0 Å². The molecular weight excluding hydrogens is 615 g/mol. The van der Waals surface area contributed by atoms with Crippen molar-refractivity contribution in [3.05, 3.63) is 175 Å². The van der Waals surface area contributed by atoms with Crippen LogP contribution >= 0.6 is 0 Å². The van der Waals surface area contributed by atoms with Crippen molar-refractivity contribution in [1.29, 1.82) is 0 Å². The van der Waals surface area contributed by atoms with Gasteiger partial charge < -0.3 is 19.3 Å². The Hall–Kier alpha value is -6.33. The van der Waals surface area contributed by atoms with E-state index in [1.807, 2.05) is 48.5 Å². The van der Waals surface area contributed by atoms with E-state index in [1.165, 1.54) is 44.8 Å². The molecule has 0 saturated carbocycles. The number of nitrogens with zero attached hydrogens (tertiary/aromatic N) is 3. The third-order valence-corrected chi connectivity index (χ3v) is 9.85. The van der Waals surface area contributed by atoms with Crippen LogP contribution in [0.4, 0.5) is 22.7 Å². The number of benzene rings is 6. The first-order valence-electron chi connectivity index (χ1n) is 17.0. The maximum Gasteiger partial charge on any atom is 0.219 e. The van der Waals surface area contributed by atoms with Crippen LogP contribution in [0.3, 0.4) is 0 Å². The normalized spacial score (nSPS) is 13.8. The highest BCUT2D eigenvalue weighted by atomic mass is 16.5. The first-order valence-corrected chi connectivity index (χ1v) is 17.0. The minimum Gasteiger partial charge on any atom is -0.457 e. The van der Waals surface area contributed by atoms with Gasteiger partial charge in [-0.15, -0.1) is 0 Å². The standard InChI is InChI=1S/C45H35N3O2/c1-45(2)38-21-7-6-20-37(38)43-39(45)26-25-36(31-14-4-3-5-15-31)44(43)48-30-47(40-22-8-9-23-41(40)48)32-16-12-17-33(28-32)49-34-18-13-19-35(29-34)50-42-24-10-11-27-46-42/h3-29H,30H2,1-2H3. The van der Waals surface area contributed by atoms with Crippen molar-refractivity contribution < 1.29 is 9.47 Å². The fourth-order valence-corrected chi connectivity index (χ4v) is 7.51. The number of ether oxygens (including phenoxy) is 2. The summed E-state index contributed by atoms with van der Waals surface area (Å²) in [6.07, 6.45) is 1.71. The molecule has 5 nitrogen and oxygen atoms in total. The van der Waals surface area contributed by atoms with Crippen molar-refractivity contribution in [2.24, 2.45) is 0 Å². The molecule has 2 aliphatic rings. The number of pyridine rings is 1. The lowest BCUT2D eigenvalue weighted by atomic mass is 9.82. The van der Waals surface area contributed by atoms with Crippen LogP contribution in [0.5, 0.6) is 23.1 Å². The Balaban J connectivity index is 1.11. The minimum absolute atomic E-state index is 0.111. The summed E-state index contributed by atoms with van der Waals surface area (Å²) in [6, 6.07) is 54.6. The lowest BCUT2D eigenvalue weighted by molar-refractivity contribution is 0.449. The van der Waals surface area contributed by atoms with E-state index in [-0.39, 0.29) is 5.41 Å². The fraction of sp³-hybridized carbons (Fsp3) is 0.0889. The van der Waals surface area contributed by atoms with E-state index < -0.39 is 0 Å². The monoisotopic (exact) mass is 649 g/mol. The van der Waals surface area contributed by atoms with Gasteiger partial charge in [-0.05, 0) is 64.7 Å². The van der Waals surface area contributed by atoms with Crippen LogP contribution in [0.15, 0.2) is 164 Å². The molecule has 0 unspecified atom stereocenters. The summed E-state index contributed by atoms with van der Waals surface area (Å²) >= 11 is 0. The zero-order valence-electron chi connectivity index (χ0n) is 28.0. The summed E-state index contributed by atoms with van der Waals surface area (Å²) in [4.78, 5) is 9.16. The predicted molar refractivity (Wildman–Crippen MR) is 202 cm³/mol. The van der Waals surface area contributed by atoms with E-state index in [1.54, 1.807) is 6.20 Å². The Morgan fingerprint density at radius 2 is 1.22 bits per heavy atom. The summed E-state index contributed by atoms with van der Waals surface area (Å²) in [5.41, 5.74) is 12.3. The molecule has 0 fully saturated rings. The van der Waals surface area contributed by atoms with E-state index in [2.05, 4.69) is 138 Å². The molecule has 0 spiro atoms. The first-order chi connectivity index (χ1) is 24.5. The zero-order valence-corrected chi connectivity index (χ0v) is 28.0. The maximum absolute atomic E-state index is 6.42. The number of aromatic nitrogens is 1. The quantitative estimate of drug-likeness (QED) is 0.172. The van der Waals surface area contributed by atoms with Gasteiger partial charge in [-0.1, -0.05) is 111 Å². The van der Waals surface area contributed by atoms with Gasteiger partial charge in [0.1, 0.15) is 23.9 Å². The van der Waals surface area contributed by atoms with Crippen LogP contribution in [0.25, 0.3) is 22.3 Å². The summed E-state index contributed by atoms with van der Waals surface area (Å²) in [6.45, 7) is 5.34. The van der Waals surface area contributed by atoms with Gasteiger partial charge >= 0.3 is 0 Å². The van der Waals surface area contributed by atoms with E-state index in [4.69, 9.17) is 9.47 Å². The molecule has 242 valence electrons. The molecule has 0 amide bonds. The average molecular weight is 650 g/mol. The lowest BCUT2D eigenvalue weighted by Crippen LogP contribution is -2.25. The molecule has 0 N–H and O–H groups in total. The molecule has 50 heavy (non-hydrogen) atoms. The third-order valence-electron chi connectivity index (χ3n) is 9.85. The second-order valence-corrected chi connectivity index (χ2v) is 13.3. The minimum atomic E-state index is -0.111. The Morgan fingerprint density at radius 1 is 0.540 bits per heavy atom. The van der Waals surface area contributed by atoms with Crippen molar-refractivity contribution in [3.8, 4) is 45.4 Å². The molecule has 0 radical (unpaired) electrons. The molecule has 2 heterocycles. The van der Waals surface area contributed by atoms with Gasteiger partial charge in [0, 0.05) is 46.6 Å². The molecule has 0 bridgehead atoms. The predicted octanol–water partition coefficient (Wildman–Crippen LogP) is 11.9. The molecule has 1 aromatic heterocycles. The summed E-state index contributed by atoms with van der Waals surface area (Å²) in [7, 11) is 0. The van der Waals surface area contributed by atoms with Crippen molar-refractivity contribution in [3.63, 3.8) is 0 Å². The van der Waals surface area contributed by atoms with Crippen LogP contribution in [0.2, 0.25) is 0 Å². The van der Waals surface area contributed by atoms with Gasteiger partial charge in [0.05, 0.1) is 17.1 Å². The van der Waals surface area contributed by atoms with Crippen molar-refractivity contribution in [1.82, 2.24) is 4.98 Å². The summed E-state index contributed by atoms with van der Waals surface area (Å²) < 4.78 is 12.4. The van der Waals surface area contributed by atoms with Crippen LogP contribution in [-0.2, 0) is 5.41 Å². The molecule has 9 rings (SSSR count). The highest BCUT2D eigenvalue weighted by Crippen LogP contribution is 2.57. The highest BCUT2D eigenvalue weighted by Gasteiger charge is 2.40. The topological polar surface area (TPSA) is 37.8 Å². The Labute approximate surface area is 292 Å². The first kappa shape index (κ1) is 29.8. The van der Waals surface area contributed by atoms with E-state index in [0.29, 0.717) is 24.0 Å². The zero-order chi connectivity index (χ0) is 33.7. The number of hydrogen-bond donors (Lipinski definition) is 0. The average Bonchev–Trinajstić information content (AvgIpc) is 3.65. The smallest absolute Gasteiger partial charge is 0.219 e. The second-order valence-electron chi connectivity index (χ2n) is 13.3. The SMILES string of the molecule is CC1(C)c2ccccc2-c2c1ccc(-c1ccccc1)c2N1CN(c2cccc(Oc3cccc(Oc4ccccn4)c3)c2)c2ccccc21. The Morgan fingerprint density at radius 3 is 2.02 bits per heavy atom. The summed E-state index contributed by atoms with van der Waals surface area (Å²) in [5, 5.41) is 0. The van der Waals surface area contributed by atoms with E-state index in [0.717, 1.165) is 17.1 Å². The van der Waals surface area contributed by atoms with Crippen LogP contribution in [0.1, 0.15) is 25.0 Å². The van der Waals surface area contributed by atoms with Gasteiger partial charge in [-0.25, -0.2) is 4.98 Å². The van der Waals surface area contributed by atoms with Crippen LogP contribution < -0.4 is 19.3 Å². The van der Waals surface area contributed by atoms with Crippen molar-refractivity contribution in [2.75, 3.05) is 16.5 Å². The van der Waals surface area contributed by atoms with Crippen molar-refractivity contribution >= 4 is 22.7 Å². The molecule has 1 aliphatic carbocycles. The van der Waals surface area contributed by atoms with Gasteiger partial charge in [-0.2, -0.15) is 0 Å². The summed E-state index contributed by atoms with van der Waals surface area (Å²) in [5.74, 6) is 2.63. The van der Waals surface area contributed by atoms with E-state index in [9.17, 15) is 0 Å². The molecule has 1 aliphatic heterocycles. The fourth-order valence-electron chi connectivity index (χ4n) is 7.51. The second kappa shape index (κ2) is 12.0. The van der Waals surface area contributed by atoms with E-state index >= 15 is 0 Å². The molecule has 0 saturated heterocycles. The largest absolute Gasteiger partial charge is 0.457 e. The Bertz CT molecular complexity index is 2350. The Kier molecular flexibility index (Phi) is 7.13. The molecular formula is C45H35N3O2. The molecule has 5 heteroatoms. The number of rotatable bonds is 7. The van der Waals surface area contributed by atoms with Crippen molar-refractivity contribution in [2.45, 2.75) is 19.3 Å². The number of para-hydroxylation sites is 2. The molecule has 6 aromatic carbocycles. The number of anilines is 4. The van der Waals surface area contributed by atoms with Gasteiger partial charge in [0.15, 0.2) is 0 Å². The maximum atomic E-state index is 6.42. The lowest BCUT2D eigenvalue weighted by Gasteiger charge is -2.28. The molecule has 7 aromatic rings. The van der Waals surface area contributed by atoms with Gasteiger partial charge in [0.2, 0.25) is 5.88 Å². The van der Waals surface area contributed by atoms with Gasteiger partial charge in [0.25, 0.3) is 0 Å². The number of fused-ring (bicyclic) bond motifs is 4. The third kappa shape index (κ3) is 5.06. The van der Waals surface area contributed by atoms with Crippen LogP contribution in [0, 0.1) is 0 Å². The molecule has 0 atom stereocenters. The highest BCUT2D eigenvalue weighted by molar-refractivity contribution is 6.02. The number of hydrogen-bond acceptors (Lipinski definition) is 5. The van der Waals surface area contributed by atoms with Crippen LogP contribution in [-0.4, -0.2) is 11.7 Å².